The van der Waals surface area contributed by atoms with Crippen molar-refractivity contribution >= 4 is 31.3 Å². The number of aliphatic hydroxyl groups excluding tert-OH is 1. The molecule has 2 saturated heterocycles. The molecule has 1 unspecified atom stereocenters. The van der Waals surface area contributed by atoms with Crippen molar-refractivity contribution < 1.29 is 62.0 Å². The SMILES string of the molecule is CC(C)(C)OC(=O)NC(C)(CN1CC(Oc2ccc(CCB3O[C@@H]4C[C@@H]5C[C@@H](C5(C)C)[C@]4(C)O3)c(OC(=O)OC(C)(C)C)c2C(=O)OC(C)(C)C)C1)C(=O)OCCO. The zero-order valence-corrected chi connectivity index (χ0v) is 36.7. The number of rotatable bonds is 13. The maximum absolute atomic E-state index is 14.1. The second-order valence-electron chi connectivity index (χ2n) is 20.2. The van der Waals surface area contributed by atoms with Gasteiger partial charge < -0.3 is 48.2 Å². The Hall–Kier alpha value is -3.60. The van der Waals surface area contributed by atoms with Crippen molar-refractivity contribution in [1.82, 2.24) is 10.2 Å². The number of hydrogen-bond donors (Lipinski definition) is 2. The Kier molecular flexibility index (Phi) is 12.9. The molecular weight excluding hydrogens is 751 g/mol. The number of esters is 2. The molecule has 0 spiro atoms. The Balaban J connectivity index is 1.38. The lowest BCUT2D eigenvalue weighted by molar-refractivity contribution is -0.199. The van der Waals surface area contributed by atoms with E-state index in [1.165, 1.54) is 6.92 Å². The molecule has 2 aliphatic heterocycles. The van der Waals surface area contributed by atoms with Gasteiger partial charge in [-0.1, -0.05) is 19.9 Å². The van der Waals surface area contributed by atoms with Gasteiger partial charge in [-0.05, 0) is 131 Å². The Bertz CT molecular complexity index is 1710. The molecule has 15 nitrogen and oxygen atoms in total. The monoisotopic (exact) mass is 816 g/mol. The first-order valence-corrected chi connectivity index (χ1v) is 20.4. The quantitative estimate of drug-likeness (QED) is 0.101. The van der Waals surface area contributed by atoms with Crippen LogP contribution in [-0.4, -0.2) is 114 Å². The third-order valence-corrected chi connectivity index (χ3v) is 11.3. The van der Waals surface area contributed by atoms with Gasteiger partial charge in [0.15, 0.2) is 11.3 Å². The molecule has 3 aliphatic carbocycles. The normalized spacial score (nSPS) is 25.3. The van der Waals surface area contributed by atoms with E-state index < -0.39 is 65.4 Å². The summed E-state index contributed by atoms with van der Waals surface area (Å²) in [5, 5.41) is 11.9. The standard InChI is InChI=1S/C42H65BN2O13/c1-37(2,3)54-33(47)31-28(52-27-22-45(23-27)24-41(12,34(48)51-19-18-46)44-35(49)55-38(4,5)6)15-14-25(32(31)53-36(50)56-39(7,8)9)16-17-43-57-30-21-26-20-29(40(26,10)11)42(30,13)58-43/h14-15,26-27,29-30,46H,16-24H2,1-13H3,(H,44,49)/t26-,29-,30+,41?,42-/m0/s1. The number of likely N-dealkylation sites (tertiary alicyclic amines) is 1. The fraction of sp³-hybridized carbons (Fsp3) is 0.762. The molecule has 5 atom stereocenters. The number of aliphatic hydroxyl groups is 1. The topological polar surface area (TPSA) is 178 Å². The molecule has 1 aromatic rings. The molecule has 58 heavy (non-hydrogen) atoms. The summed E-state index contributed by atoms with van der Waals surface area (Å²) in [4.78, 5) is 55.1. The average Bonchev–Trinajstić information content (AvgIpc) is 3.39. The molecule has 6 rings (SSSR count). The molecule has 3 saturated carbocycles. The minimum Gasteiger partial charge on any atom is -0.487 e. The van der Waals surface area contributed by atoms with Crippen molar-refractivity contribution in [3.05, 3.63) is 23.3 Å². The zero-order valence-electron chi connectivity index (χ0n) is 36.7. The number of nitrogens with one attached hydrogen (secondary N) is 1. The van der Waals surface area contributed by atoms with Crippen LogP contribution in [0.1, 0.15) is 119 Å². The van der Waals surface area contributed by atoms with Crippen LogP contribution < -0.4 is 14.8 Å². The van der Waals surface area contributed by atoms with Crippen LogP contribution >= 0.6 is 0 Å². The molecule has 2 N–H and O–H groups in total. The number of benzene rings is 1. The Morgan fingerprint density at radius 1 is 0.914 bits per heavy atom. The molecule has 0 aromatic heterocycles. The number of carbonyl (C=O) groups is 4. The van der Waals surface area contributed by atoms with E-state index in [0.29, 0.717) is 43.2 Å². The van der Waals surface area contributed by atoms with Crippen LogP contribution in [0.4, 0.5) is 9.59 Å². The van der Waals surface area contributed by atoms with Crippen molar-refractivity contribution in [3.8, 4) is 11.5 Å². The van der Waals surface area contributed by atoms with Gasteiger partial charge >= 0.3 is 31.3 Å². The van der Waals surface area contributed by atoms with Gasteiger partial charge in [-0.3, -0.25) is 4.90 Å². The molecule has 324 valence electrons. The summed E-state index contributed by atoms with van der Waals surface area (Å²) in [6.07, 6.45) is 0.586. The predicted octanol–water partition coefficient (Wildman–Crippen LogP) is 6.11. The molecule has 16 heteroatoms. The van der Waals surface area contributed by atoms with Crippen LogP contribution in [0.2, 0.25) is 6.32 Å². The lowest BCUT2D eigenvalue weighted by Crippen LogP contribution is -2.65. The Labute approximate surface area is 343 Å². The van der Waals surface area contributed by atoms with Crippen molar-refractivity contribution in [1.29, 1.82) is 0 Å². The third kappa shape index (κ3) is 10.6. The van der Waals surface area contributed by atoms with E-state index >= 15 is 0 Å². The highest BCUT2D eigenvalue weighted by Crippen LogP contribution is 2.65. The minimum atomic E-state index is -1.53. The van der Waals surface area contributed by atoms with Gasteiger partial charge in [-0.2, -0.15) is 0 Å². The van der Waals surface area contributed by atoms with Gasteiger partial charge in [0.05, 0.1) is 18.3 Å². The number of hydrogen-bond acceptors (Lipinski definition) is 14. The van der Waals surface area contributed by atoms with E-state index in [1.807, 2.05) is 4.90 Å². The largest absolute Gasteiger partial charge is 0.514 e. The molecule has 0 radical (unpaired) electrons. The number of ether oxygens (including phenoxy) is 6. The number of carbonyl (C=O) groups excluding carboxylic acids is 4. The minimum absolute atomic E-state index is 0.000883. The zero-order chi connectivity index (χ0) is 43.2. The average molecular weight is 817 g/mol. The van der Waals surface area contributed by atoms with Gasteiger partial charge in [0, 0.05) is 19.6 Å². The lowest BCUT2D eigenvalue weighted by Gasteiger charge is -2.64. The van der Waals surface area contributed by atoms with Crippen LogP contribution in [0.15, 0.2) is 12.1 Å². The maximum Gasteiger partial charge on any atom is 0.514 e. The lowest BCUT2D eigenvalue weighted by atomic mass is 9.43. The summed E-state index contributed by atoms with van der Waals surface area (Å²) in [6, 6.07) is 3.41. The fourth-order valence-electron chi connectivity index (χ4n) is 8.58. The predicted molar refractivity (Wildman–Crippen MR) is 214 cm³/mol. The fourth-order valence-corrected chi connectivity index (χ4v) is 8.58. The second-order valence-corrected chi connectivity index (χ2v) is 20.2. The smallest absolute Gasteiger partial charge is 0.487 e. The molecule has 2 bridgehead atoms. The molecular formula is C42H65BN2O13. The molecule has 1 amide bonds. The third-order valence-electron chi connectivity index (χ3n) is 11.3. The van der Waals surface area contributed by atoms with E-state index in [0.717, 1.165) is 12.8 Å². The van der Waals surface area contributed by atoms with Crippen LogP contribution in [-0.2, 0) is 39.5 Å². The van der Waals surface area contributed by atoms with Gasteiger partial charge in [0.1, 0.15) is 40.8 Å². The van der Waals surface area contributed by atoms with Crippen molar-refractivity contribution in [2.24, 2.45) is 17.3 Å². The molecule has 2 heterocycles. The highest BCUT2D eigenvalue weighted by molar-refractivity contribution is 6.45. The van der Waals surface area contributed by atoms with E-state index in [4.69, 9.17) is 37.7 Å². The second kappa shape index (κ2) is 16.5. The number of alkyl carbamates (subject to hydrolysis) is 1. The summed E-state index contributed by atoms with van der Waals surface area (Å²) in [5.41, 5.74) is -3.85. The van der Waals surface area contributed by atoms with Crippen molar-refractivity contribution in [2.75, 3.05) is 32.8 Å². The van der Waals surface area contributed by atoms with E-state index in [1.54, 1.807) is 74.4 Å². The van der Waals surface area contributed by atoms with Gasteiger partial charge in [0.2, 0.25) is 0 Å². The molecule has 5 aliphatic rings. The number of aryl methyl sites for hydroxylation is 1. The highest BCUT2D eigenvalue weighted by Gasteiger charge is 2.67. The summed E-state index contributed by atoms with van der Waals surface area (Å²) in [6.45, 7) is 23.8. The Morgan fingerprint density at radius 2 is 1.55 bits per heavy atom. The van der Waals surface area contributed by atoms with Crippen LogP contribution in [0.25, 0.3) is 0 Å². The summed E-state index contributed by atoms with van der Waals surface area (Å²) in [7, 11) is -0.488. The van der Waals surface area contributed by atoms with Crippen molar-refractivity contribution in [3.63, 3.8) is 0 Å². The van der Waals surface area contributed by atoms with Crippen LogP contribution in [0, 0.1) is 17.3 Å². The van der Waals surface area contributed by atoms with Crippen molar-refractivity contribution in [2.45, 2.75) is 156 Å². The first kappa shape index (κ1) is 45.5. The number of amides is 1. The van der Waals surface area contributed by atoms with Gasteiger partial charge in [-0.25, -0.2) is 19.2 Å². The van der Waals surface area contributed by atoms with Gasteiger partial charge in [-0.15, -0.1) is 0 Å². The number of nitrogens with zero attached hydrogens (tertiary/aromatic N) is 1. The van der Waals surface area contributed by atoms with Crippen LogP contribution in [0.3, 0.4) is 0 Å². The highest BCUT2D eigenvalue weighted by atomic mass is 16.7. The maximum atomic E-state index is 14.1. The first-order valence-electron chi connectivity index (χ1n) is 20.4. The van der Waals surface area contributed by atoms with Crippen LogP contribution in [0.5, 0.6) is 11.5 Å². The first-order chi connectivity index (χ1) is 26.6. The molecule has 1 aromatic carbocycles. The van der Waals surface area contributed by atoms with Gasteiger partial charge in [0.25, 0.3) is 0 Å². The van der Waals surface area contributed by atoms with E-state index in [2.05, 4.69) is 26.1 Å². The molecule has 5 fully saturated rings. The van der Waals surface area contributed by atoms with E-state index in [-0.39, 0.29) is 48.3 Å². The Morgan fingerprint density at radius 3 is 2.14 bits per heavy atom. The summed E-state index contributed by atoms with van der Waals surface area (Å²) >= 11 is 0. The summed E-state index contributed by atoms with van der Waals surface area (Å²) < 4.78 is 47.5. The summed E-state index contributed by atoms with van der Waals surface area (Å²) in [5.74, 6) is -0.410. The van der Waals surface area contributed by atoms with E-state index in [9.17, 15) is 24.3 Å².